The van der Waals surface area contributed by atoms with Crippen molar-refractivity contribution in [3.05, 3.63) is 174 Å². The van der Waals surface area contributed by atoms with Crippen LogP contribution in [0.25, 0.3) is 22.3 Å². The molecule has 0 N–H and O–H groups in total. The molecular weight excluding hydrogens is 679 g/mol. The fraction of sp³-hybridized carbons (Fsp3) is 0.240. The van der Waals surface area contributed by atoms with Crippen molar-refractivity contribution in [2.75, 3.05) is 4.90 Å². The summed E-state index contributed by atoms with van der Waals surface area (Å²) in [4.78, 5) is 3.35. The first-order chi connectivity index (χ1) is 26.2. The predicted molar refractivity (Wildman–Crippen MR) is 221 cm³/mol. The minimum Gasteiger partial charge on any atom is -0.310 e. The minimum atomic E-state index is -3.74. The molecule has 0 aromatic heterocycles. The van der Waals surface area contributed by atoms with Crippen molar-refractivity contribution < 1.29 is 8.42 Å². The Hall–Kier alpha value is -5.19. The van der Waals surface area contributed by atoms with Crippen LogP contribution in [0.5, 0.6) is 0 Å². The zero-order valence-corrected chi connectivity index (χ0v) is 31.8. The number of para-hydroxylation sites is 1. The van der Waals surface area contributed by atoms with E-state index in [1.165, 1.54) is 28.7 Å². The van der Waals surface area contributed by atoms with Crippen molar-refractivity contribution in [2.24, 2.45) is 17.8 Å². The largest absolute Gasteiger partial charge is 0.310 e. The van der Waals surface area contributed by atoms with Gasteiger partial charge in [-0.15, -0.1) is 6.58 Å². The molecule has 10 rings (SSSR count). The van der Waals surface area contributed by atoms with Crippen LogP contribution in [0.1, 0.15) is 68.2 Å². The number of hydrogen-bond donors (Lipinski definition) is 0. The summed E-state index contributed by atoms with van der Waals surface area (Å²) >= 11 is 0. The van der Waals surface area contributed by atoms with Crippen molar-refractivity contribution in [3.8, 4) is 22.3 Å². The van der Waals surface area contributed by atoms with Crippen molar-refractivity contribution in [3.63, 3.8) is 0 Å². The molecule has 4 heteroatoms. The van der Waals surface area contributed by atoms with Crippen LogP contribution in [-0.4, -0.2) is 8.42 Å². The highest BCUT2D eigenvalue weighted by molar-refractivity contribution is 7.91. The van der Waals surface area contributed by atoms with Gasteiger partial charge in [-0.2, -0.15) is 0 Å². The zero-order valence-electron chi connectivity index (χ0n) is 31.0. The molecule has 1 heterocycles. The van der Waals surface area contributed by atoms with Crippen LogP contribution in [0.3, 0.4) is 0 Å². The predicted octanol–water partition coefficient (Wildman–Crippen LogP) is 12.6. The van der Waals surface area contributed by atoms with Gasteiger partial charge in [-0.1, -0.05) is 123 Å². The van der Waals surface area contributed by atoms with Crippen molar-refractivity contribution in [1.82, 2.24) is 0 Å². The van der Waals surface area contributed by atoms with Gasteiger partial charge in [0, 0.05) is 27.8 Å². The molecule has 3 aliphatic carbocycles. The highest BCUT2D eigenvalue weighted by atomic mass is 32.2. The molecule has 1 spiro atoms. The molecule has 2 saturated carbocycles. The SMILES string of the molecule is C=CC1C[C@H]2CCC[C@@H](C1)C21c2ccccc2S(=O)(=O)c2ccc(N(c3ccc4c(c3)C(C)(C)c3ccccc3-4)c3ccccc3-c3ccccc3)cc21. The smallest absolute Gasteiger partial charge is 0.207 e. The van der Waals surface area contributed by atoms with E-state index in [0.29, 0.717) is 27.5 Å². The van der Waals surface area contributed by atoms with E-state index in [-0.39, 0.29) is 5.41 Å². The first-order valence-electron chi connectivity index (χ1n) is 19.5. The number of rotatable bonds is 5. The fourth-order valence-electron chi connectivity index (χ4n) is 11.2. The molecule has 4 aliphatic rings. The minimum absolute atomic E-state index is 0.175. The van der Waals surface area contributed by atoms with Crippen LogP contribution in [0.15, 0.2) is 162 Å². The molecule has 2 fully saturated rings. The highest BCUT2D eigenvalue weighted by Gasteiger charge is 2.58. The maximum atomic E-state index is 14.7. The lowest BCUT2D eigenvalue weighted by molar-refractivity contribution is 0.0569. The van der Waals surface area contributed by atoms with E-state index in [1.807, 2.05) is 24.3 Å². The quantitative estimate of drug-likeness (QED) is 0.166. The third-order valence-corrected chi connectivity index (χ3v) is 15.4. The van der Waals surface area contributed by atoms with Crippen molar-refractivity contribution >= 4 is 26.9 Å². The monoisotopic (exact) mass is 723 g/mol. The summed E-state index contributed by atoms with van der Waals surface area (Å²) in [6.45, 7) is 8.89. The van der Waals surface area contributed by atoms with Crippen LogP contribution >= 0.6 is 0 Å². The molecule has 0 saturated heterocycles. The Morgan fingerprint density at radius 3 is 1.93 bits per heavy atom. The Kier molecular flexibility index (Phi) is 7.52. The molecule has 0 amide bonds. The molecule has 6 aromatic carbocycles. The average molecular weight is 724 g/mol. The highest BCUT2D eigenvalue weighted by Crippen LogP contribution is 2.64. The summed E-state index contributed by atoms with van der Waals surface area (Å²) in [6.07, 6.45) is 7.55. The Morgan fingerprint density at radius 1 is 0.611 bits per heavy atom. The maximum absolute atomic E-state index is 14.7. The second kappa shape index (κ2) is 12.2. The molecular formula is C50H45NO2S. The molecule has 3 nitrogen and oxygen atoms in total. The maximum Gasteiger partial charge on any atom is 0.207 e. The van der Waals surface area contributed by atoms with Gasteiger partial charge in [-0.3, -0.25) is 0 Å². The van der Waals surface area contributed by atoms with E-state index in [4.69, 9.17) is 0 Å². The number of nitrogens with zero attached hydrogens (tertiary/aromatic N) is 1. The number of sulfone groups is 1. The van der Waals surface area contributed by atoms with E-state index in [0.717, 1.165) is 65.0 Å². The summed E-state index contributed by atoms with van der Waals surface area (Å²) in [5.74, 6) is 1.09. The molecule has 268 valence electrons. The van der Waals surface area contributed by atoms with Crippen LogP contribution < -0.4 is 4.90 Å². The van der Waals surface area contributed by atoms with Gasteiger partial charge < -0.3 is 4.90 Å². The Labute approximate surface area is 319 Å². The molecule has 1 aliphatic heterocycles. The second-order valence-corrected chi connectivity index (χ2v) is 18.3. The standard InChI is InChI=1S/C50H45NO2S/c1-4-33-29-35-17-14-18-36(30-33)50(35)43-22-11-13-24-47(43)54(52,53)48-28-26-38(32-45(48)50)51(46-23-12-9-19-39(46)34-15-6-5-7-16-34)37-25-27-41-40-20-8-10-21-42(40)49(2,3)44(41)31-37/h4-13,15-16,19-28,31-33,35-36H,1,14,17-18,29-30H2,2-3H3/t33?,35-,36+,50?. The number of hydrogen-bond acceptors (Lipinski definition) is 3. The summed E-state index contributed by atoms with van der Waals surface area (Å²) in [5.41, 5.74) is 12.0. The Balaban J connectivity index is 1.25. The van der Waals surface area contributed by atoms with Crippen LogP contribution in [0, 0.1) is 17.8 Å². The first kappa shape index (κ1) is 33.4. The van der Waals surface area contributed by atoms with Crippen molar-refractivity contribution in [1.29, 1.82) is 0 Å². The molecule has 6 aromatic rings. The summed E-state index contributed by atoms with van der Waals surface area (Å²) in [7, 11) is -3.74. The summed E-state index contributed by atoms with van der Waals surface area (Å²) < 4.78 is 29.4. The summed E-state index contributed by atoms with van der Waals surface area (Å²) in [6, 6.07) is 49.1. The molecule has 2 bridgehead atoms. The van der Waals surface area contributed by atoms with Gasteiger partial charge in [0.05, 0.1) is 15.5 Å². The van der Waals surface area contributed by atoms with Gasteiger partial charge in [-0.25, -0.2) is 8.42 Å². The average Bonchev–Trinajstić information content (AvgIpc) is 3.43. The third-order valence-electron chi connectivity index (χ3n) is 13.5. The number of anilines is 3. The lowest BCUT2D eigenvalue weighted by Gasteiger charge is -2.57. The normalized spacial score (nSPS) is 23.8. The van der Waals surface area contributed by atoms with Crippen LogP contribution in [0.2, 0.25) is 0 Å². The Bertz CT molecular complexity index is 2570. The lowest BCUT2D eigenvalue weighted by Crippen LogP contribution is -2.53. The topological polar surface area (TPSA) is 37.4 Å². The van der Waals surface area contributed by atoms with Gasteiger partial charge in [0.2, 0.25) is 9.84 Å². The molecule has 0 radical (unpaired) electrons. The summed E-state index contributed by atoms with van der Waals surface area (Å²) in [5, 5.41) is 0. The fourth-order valence-corrected chi connectivity index (χ4v) is 13.0. The van der Waals surface area contributed by atoms with Gasteiger partial charge in [0.15, 0.2) is 0 Å². The molecule has 54 heavy (non-hydrogen) atoms. The lowest BCUT2D eigenvalue weighted by atomic mass is 9.47. The van der Waals surface area contributed by atoms with Gasteiger partial charge in [-0.05, 0) is 125 Å². The van der Waals surface area contributed by atoms with Gasteiger partial charge in [0.25, 0.3) is 0 Å². The zero-order chi connectivity index (χ0) is 36.8. The van der Waals surface area contributed by atoms with Crippen LogP contribution in [-0.2, 0) is 20.7 Å². The van der Waals surface area contributed by atoms with Crippen molar-refractivity contribution in [2.45, 2.75) is 66.6 Å². The molecule has 4 atom stereocenters. The van der Waals surface area contributed by atoms with E-state index in [2.05, 4.69) is 147 Å². The van der Waals surface area contributed by atoms with E-state index < -0.39 is 15.3 Å². The first-order valence-corrected chi connectivity index (χ1v) is 21.0. The van der Waals surface area contributed by atoms with E-state index >= 15 is 0 Å². The van der Waals surface area contributed by atoms with E-state index in [9.17, 15) is 8.42 Å². The third kappa shape index (κ3) is 4.62. The second-order valence-electron chi connectivity index (χ2n) is 16.5. The van der Waals surface area contributed by atoms with Gasteiger partial charge >= 0.3 is 0 Å². The number of allylic oxidation sites excluding steroid dienone is 1. The number of fused-ring (bicyclic) bond motifs is 5. The van der Waals surface area contributed by atoms with Gasteiger partial charge in [0.1, 0.15) is 0 Å². The molecule has 2 unspecified atom stereocenters. The Morgan fingerprint density at radius 2 is 1.19 bits per heavy atom. The number of benzene rings is 6. The van der Waals surface area contributed by atoms with E-state index in [1.54, 1.807) is 0 Å². The van der Waals surface area contributed by atoms with Crippen LogP contribution in [0.4, 0.5) is 17.1 Å².